The van der Waals surface area contributed by atoms with Gasteiger partial charge in [0.05, 0.1) is 17.6 Å². The standard InChI is InChI=1S/C10H9N3/c1-8-6-11-7-10(13-8)9-4-2-3-5-12-9/h2-7H,1H3. The van der Waals surface area contributed by atoms with Crippen LogP contribution in [-0.2, 0) is 0 Å². The van der Waals surface area contributed by atoms with Crippen LogP contribution in [0.15, 0.2) is 36.8 Å². The first-order valence-electron chi connectivity index (χ1n) is 4.06. The van der Waals surface area contributed by atoms with Crippen molar-refractivity contribution in [1.82, 2.24) is 15.0 Å². The van der Waals surface area contributed by atoms with E-state index in [1.165, 1.54) is 0 Å². The molecule has 2 aromatic heterocycles. The molecule has 2 heterocycles. The van der Waals surface area contributed by atoms with Crippen LogP contribution in [0.2, 0.25) is 0 Å². The predicted octanol–water partition coefficient (Wildman–Crippen LogP) is 1.85. The van der Waals surface area contributed by atoms with Gasteiger partial charge in [-0.05, 0) is 19.1 Å². The Kier molecular flexibility index (Phi) is 2.00. The molecule has 0 aromatic carbocycles. The number of aryl methyl sites for hydroxylation is 1. The van der Waals surface area contributed by atoms with Crippen molar-refractivity contribution in [1.29, 1.82) is 0 Å². The topological polar surface area (TPSA) is 38.7 Å². The number of hydrogen-bond donors (Lipinski definition) is 0. The minimum atomic E-state index is 0.820. The summed E-state index contributed by atoms with van der Waals surface area (Å²) in [5.41, 5.74) is 2.59. The Balaban J connectivity index is 2.48. The Bertz CT molecular complexity index is 398. The molecule has 3 heteroatoms. The largest absolute Gasteiger partial charge is 0.261 e. The third-order valence-corrected chi connectivity index (χ3v) is 1.68. The quantitative estimate of drug-likeness (QED) is 0.657. The summed E-state index contributed by atoms with van der Waals surface area (Å²) in [5, 5.41) is 0. The second-order valence-electron chi connectivity index (χ2n) is 2.76. The highest BCUT2D eigenvalue weighted by molar-refractivity contribution is 5.51. The lowest BCUT2D eigenvalue weighted by Gasteiger charge is -1.98. The maximum atomic E-state index is 4.32. The van der Waals surface area contributed by atoms with Crippen LogP contribution in [-0.4, -0.2) is 15.0 Å². The van der Waals surface area contributed by atoms with Gasteiger partial charge in [0.25, 0.3) is 0 Å². The van der Waals surface area contributed by atoms with E-state index >= 15 is 0 Å². The van der Waals surface area contributed by atoms with Crippen LogP contribution in [0, 0.1) is 6.92 Å². The summed E-state index contributed by atoms with van der Waals surface area (Å²) >= 11 is 0. The zero-order chi connectivity index (χ0) is 9.10. The molecule has 0 spiro atoms. The van der Waals surface area contributed by atoms with Crippen molar-refractivity contribution >= 4 is 0 Å². The highest BCUT2D eigenvalue weighted by atomic mass is 14.8. The van der Waals surface area contributed by atoms with Gasteiger partial charge in [-0.1, -0.05) is 6.07 Å². The molecule has 0 aliphatic heterocycles. The number of nitrogens with zero attached hydrogens (tertiary/aromatic N) is 3. The molecule has 0 bridgehead atoms. The van der Waals surface area contributed by atoms with Crippen molar-refractivity contribution in [3.63, 3.8) is 0 Å². The summed E-state index contributed by atoms with van der Waals surface area (Å²) in [5.74, 6) is 0. The van der Waals surface area contributed by atoms with Gasteiger partial charge >= 0.3 is 0 Å². The summed E-state index contributed by atoms with van der Waals surface area (Å²) in [6.07, 6.45) is 5.20. The van der Waals surface area contributed by atoms with Crippen LogP contribution in [0.5, 0.6) is 0 Å². The maximum Gasteiger partial charge on any atom is 0.107 e. The van der Waals surface area contributed by atoms with Gasteiger partial charge in [0.2, 0.25) is 0 Å². The zero-order valence-electron chi connectivity index (χ0n) is 7.31. The van der Waals surface area contributed by atoms with Gasteiger partial charge in [0.15, 0.2) is 0 Å². The Morgan fingerprint density at radius 2 is 2.00 bits per heavy atom. The molecule has 64 valence electrons. The van der Waals surface area contributed by atoms with E-state index in [9.17, 15) is 0 Å². The third kappa shape index (κ3) is 1.69. The SMILES string of the molecule is Cc1cncc(-c2ccccn2)n1. The summed E-state index contributed by atoms with van der Waals surface area (Å²) in [6.45, 7) is 1.92. The van der Waals surface area contributed by atoms with Crippen LogP contribution in [0.3, 0.4) is 0 Å². The zero-order valence-corrected chi connectivity index (χ0v) is 7.31. The summed E-state index contributed by atoms with van der Waals surface area (Å²) < 4.78 is 0. The molecular weight excluding hydrogens is 162 g/mol. The number of aromatic nitrogens is 3. The first kappa shape index (κ1) is 7.86. The lowest BCUT2D eigenvalue weighted by molar-refractivity contribution is 1.11. The molecule has 0 saturated carbocycles. The van der Waals surface area contributed by atoms with Gasteiger partial charge in [-0.3, -0.25) is 9.97 Å². The highest BCUT2D eigenvalue weighted by Crippen LogP contribution is 2.11. The van der Waals surface area contributed by atoms with Crippen LogP contribution in [0.4, 0.5) is 0 Å². The van der Waals surface area contributed by atoms with Crippen molar-refractivity contribution in [2.75, 3.05) is 0 Å². The molecule has 0 amide bonds. The molecule has 0 aliphatic rings. The van der Waals surface area contributed by atoms with E-state index in [-0.39, 0.29) is 0 Å². The van der Waals surface area contributed by atoms with Gasteiger partial charge in [0, 0.05) is 12.4 Å². The molecule has 0 saturated heterocycles. The van der Waals surface area contributed by atoms with Gasteiger partial charge in [-0.25, -0.2) is 4.98 Å². The number of rotatable bonds is 1. The lowest BCUT2D eigenvalue weighted by atomic mass is 10.3. The first-order valence-corrected chi connectivity index (χ1v) is 4.06. The minimum Gasteiger partial charge on any atom is -0.261 e. The third-order valence-electron chi connectivity index (χ3n) is 1.68. The van der Waals surface area contributed by atoms with E-state index in [1.807, 2.05) is 25.1 Å². The first-order chi connectivity index (χ1) is 6.36. The molecule has 0 unspecified atom stereocenters. The van der Waals surface area contributed by atoms with Crippen molar-refractivity contribution in [2.45, 2.75) is 6.92 Å². The number of pyridine rings is 1. The lowest BCUT2D eigenvalue weighted by Crippen LogP contribution is -1.90. The summed E-state index contributed by atoms with van der Waals surface area (Å²) in [6, 6.07) is 5.74. The van der Waals surface area contributed by atoms with E-state index in [1.54, 1.807) is 18.6 Å². The van der Waals surface area contributed by atoms with Crippen LogP contribution < -0.4 is 0 Å². The van der Waals surface area contributed by atoms with Crippen LogP contribution in [0.1, 0.15) is 5.69 Å². The van der Waals surface area contributed by atoms with E-state index < -0.39 is 0 Å². The molecule has 13 heavy (non-hydrogen) atoms. The molecule has 3 nitrogen and oxygen atoms in total. The fourth-order valence-corrected chi connectivity index (χ4v) is 1.10. The van der Waals surface area contributed by atoms with E-state index in [2.05, 4.69) is 15.0 Å². The van der Waals surface area contributed by atoms with Crippen molar-refractivity contribution in [3.8, 4) is 11.4 Å². The fourth-order valence-electron chi connectivity index (χ4n) is 1.10. The summed E-state index contributed by atoms with van der Waals surface area (Å²) in [7, 11) is 0. The molecule has 0 N–H and O–H groups in total. The second kappa shape index (κ2) is 3.31. The fraction of sp³-hybridized carbons (Fsp3) is 0.100. The van der Waals surface area contributed by atoms with E-state index in [4.69, 9.17) is 0 Å². The monoisotopic (exact) mass is 171 g/mol. The molecule has 0 atom stereocenters. The Hall–Kier alpha value is -1.77. The van der Waals surface area contributed by atoms with Gasteiger partial charge in [0.1, 0.15) is 5.69 Å². The normalized spacial score (nSPS) is 9.92. The number of hydrogen-bond acceptors (Lipinski definition) is 3. The maximum absolute atomic E-state index is 4.32. The molecule has 0 aliphatic carbocycles. The van der Waals surface area contributed by atoms with Gasteiger partial charge in [-0.2, -0.15) is 0 Å². The molecule has 2 aromatic rings. The van der Waals surface area contributed by atoms with Crippen molar-refractivity contribution in [2.24, 2.45) is 0 Å². The minimum absolute atomic E-state index is 0.820. The Morgan fingerprint density at radius 3 is 2.69 bits per heavy atom. The smallest absolute Gasteiger partial charge is 0.107 e. The van der Waals surface area contributed by atoms with Crippen LogP contribution >= 0.6 is 0 Å². The Labute approximate surface area is 76.5 Å². The molecule has 2 rings (SSSR count). The highest BCUT2D eigenvalue weighted by Gasteiger charge is 1.98. The van der Waals surface area contributed by atoms with E-state index in [0.717, 1.165) is 17.1 Å². The summed E-state index contributed by atoms with van der Waals surface area (Å²) in [4.78, 5) is 12.6. The molecular formula is C10H9N3. The second-order valence-corrected chi connectivity index (χ2v) is 2.76. The van der Waals surface area contributed by atoms with Crippen molar-refractivity contribution in [3.05, 3.63) is 42.5 Å². The van der Waals surface area contributed by atoms with Crippen LogP contribution in [0.25, 0.3) is 11.4 Å². The average molecular weight is 171 g/mol. The van der Waals surface area contributed by atoms with E-state index in [0.29, 0.717) is 0 Å². The average Bonchev–Trinajstić information content (AvgIpc) is 2.19. The Morgan fingerprint density at radius 1 is 1.08 bits per heavy atom. The van der Waals surface area contributed by atoms with Crippen molar-refractivity contribution < 1.29 is 0 Å². The molecule has 0 fully saturated rings. The van der Waals surface area contributed by atoms with Gasteiger partial charge in [-0.15, -0.1) is 0 Å². The predicted molar refractivity (Wildman–Crippen MR) is 50.0 cm³/mol. The van der Waals surface area contributed by atoms with Gasteiger partial charge < -0.3 is 0 Å². The molecule has 0 radical (unpaired) electrons.